The molecule has 1 heterocycles. The van der Waals surface area contributed by atoms with Gasteiger partial charge in [-0.05, 0) is 92.3 Å². The highest BCUT2D eigenvalue weighted by molar-refractivity contribution is 6.15. The van der Waals surface area contributed by atoms with E-state index in [4.69, 9.17) is 14.7 Å². The fraction of sp³-hybridized carbons (Fsp3) is 0.0588. The second-order valence-electron chi connectivity index (χ2n) is 9.80. The summed E-state index contributed by atoms with van der Waals surface area (Å²) in [5.74, 6) is 0.893. The third kappa shape index (κ3) is 3.35. The lowest BCUT2D eigenvalue weighted by molar-refractivity contribution is 0.250. The third-order valence-electron chi connectivity index (χ3n) is 7.48. The Bertz CT molecular complexity index is 2060. The lowest BCUT2D eigenvalue weighted by atomic mass is 9.95. The Morgan fingerprint density at radius 2 is 1.22 bits per heavy atom. The van der Waals surface area contributed by atoms with E-state index in [2.05, 4.69) is 84.9 Å². The third-order valence-corrected chi connectivity index (χ3v) is 7.48. The smallest absolute Gasteiger partial charge is 0.128 e. The van der Waals surface area contributed by atoms with E-state index < -0.39 is 0 Å². The highest BCUT2D eigenvalue weighted by atomic mass is 16.5. The predicted molar refractivity (Wildman–Crippen MR) is 153 cm³/mol. The topological polar surface area (TPSA) is 35.0 Å². The Labute approximate surface area is 213 Å². The largest absolute Gasteiger partial charge is 0.485 e. The van der Waals surface area contributed by atoms with E-state index in [-0.39, 0.29) is 6.10 Å². The highest BCUT2D eigenvalue weighted by Crippen LogP contribution is 2.36. The molecule has 0 saturated carbocycles. The van der Waals surface area contributed by atoms with E-state index in [1.54, 1.807) is 0 Å². The van der Waals surface area contributed by atoms with Crippen LogP contribution in [0.15, 0.2) is 109 Å². The lowest BCUT2D eigenvalue weighted by Gasteiger charge is -2.21. The summed E-state index contributed by atoms with van der Waals surface area (Å²) in [5.41, 5.74) is 3.76. The summed E-state index contributed by atoms with van der Waals surface area (Å²) in [6, 6.07) is 36.5. The maximum Gasteiger partial charge on any atom is 0.128 e. The van der Waals surface area contributed by atoms with Gasteiger partial charge in [-0.1, -0.05) is 60.7 Å². The summed E-state index contributed by atoms with van der Waals surface area (Å²) in [5, 5.41) is 9.82. The van der Waals surface area contributed by atoms with Gasteiger partial charge in [0.25, 0.3) is 0 Å². The Kier molecular flexibility index (Phi) is 4.35. The average molecular weight is 475 g/mol. The van der Waals surface area contributed by atoms with Crippen LogP contribution in [-0.2, 0) is 6.42 Å². The van der Waals surface area contributed by atoms with Gasteiger partial charge in [0.2, 0.25) is 0 Å². The first kappa shape index (κ1) is 20.4. The van der Waals surface area contributed by atoms with Gasteiger partial charge in [0, 0.05) is 11.8 Å². The fourth-order valence-electron chi connectivity index (χ4n) is 5.63. The summed E-state index contributed by atoms with van der Waals surface area (Å²) in [6.07, 6.45) is 4.75. The number of hydrogen-bond donors (Lipinski definition) is 0. The molecule has 0 fully saturated rings. The number of benzene rings is 6. The Hall–Kier alpha value is -4.76. The van der Waals surface area contributed by atoms with Crippen LogP contribution in [0.2, 0.25) is 0 Å². The SMILES string of the molecule is C1=CC(Oc2cccc3cc4ccc5cc6ccccc6cc5c4cc23)Cc2nc3ccccc3nc21. The number of fused-ring (bicyclic) bond motifs is 7. The van der Waals surface area contributed by atoms with Gasteiger partial charge in [0.1, 0.15) is 11.9 Å². The van der Waals surface area contributed by atoms with Crippen molar-refractivity contribution in [2.75, 3.05) is 0 Å². The molecule has 0 amide bonds. The highest BCUT2D eigenvalue weighted by Gasteiger charge is 2.19. The van der Waals surface area contributed by atoms with Crippen molar-refractivity contribution in [3.05, 3.63) is 121 Å². The Morgan fingerprint density at radius 1 is 0.568 bits per heavy atom. The molecule has 1 atom stereocenters. The first-order chi connectivity index (χ1) is 18.3. The quantitative estimate of drug-likeness (QED) is 0.187. The van der Waals surface area contributed by atoms with E-state index in [0.717, 1.165) is 33.6 Å². The molecule has 174 valence electrons. The van der Waals surface area contributed by atoms with Crippen molar-refractivity contribution in [2.45, 2.75) is 12.5 Å². The maximum absolute atomic E-state index is 6.61. The molecular weight excluding hydrogens is 452 g/mol. The number of rotatable bonds is 2. The molecule has 37 heavy (non-hydrogen) atoms. The summed E-state index contributed by atoms with van der Waals surface area (Å²) in [7, 11) is 0. The van der Waals surface area contributed by atoms with Gasteiger partial charge >= 0.3 is 0 Å². The van der Waals surface area contributed by atoms with Gasteiger partial charge in [-0.3, -0.25) is 0 Å². The minimum absolute atomic E-state index is 0.0966. The van der Waals surface area contributed by atoms with Crippen LogP contribution < -0.4 is 4.74 Å². The van der Waals surface area contributed by atoms with Crippen LogP contribution >= 0.6 is 0 Å². The Morgan fingerprint density at radius 3 is 2.05 bits per heavy atom. The minimum Gasteiger partial charge on any atom is -0.485 e. The van der Waals surface area contributed by atoms with Crippen LogP contribution in [0.3, 0.4) is 0 Å². The molecule has 3 heteroatoms. The van der Waals surface area contributed by atoms with Crippen molar-refractivity contribution in [3.63, 3.8) is 0 Å². The zero-order chi connectivity index (χ0) is 24.3. The number of hydrogen-bond acceptors (Lipinski definition) is 3. The van der Waals surface area contributed by atoms with Gasteiger partial charge < -0.3 is 4.74 Å². The zero-order valence-corrected chi connectivity index (χ0v) is 20.1. The molecule has 0 bridgehead atoms. The van der Waals surface area contributed by atoms with Crippen molar-refractivity contribution in [1.29, 1.82) is 0 Å². The summed E-state index contributed by atoms with van der Waals surface area (Å²) in [6.45, 7) is 0. The molecule has 0 saturated heterocycles. The minimum atomic E-state index is -0.0966. The number of para-hydroxylation sites is 2. The molecule has 1 aliphatic carbocycles. The van der Waals surface area contributed by atoms with Gasteiger partial charge in [0.05, 0.1) is 22.4 Å². The van der Waals surface area contributed by atoms with Crippen LogP contribution in [-0.4, -0.2) is 16.1 Å². The second-order valence-corrected chi connectivity index (χ2v) is 9.80. The number of nitrogens with zero attached hydrogens (tertiary/aromatic N) is 2. The van der Waals surface area contributed by atoms with E-state index in [1.807, 2.05) is 30.3 Å². The zero-order valence-electron chi connectivity index (χ0n) is 20.1. The van der Waals surface area contributed by atoms with E-state index in [0.29, 0.717) is 6.42 Å². The van der Waals surface area contributed by atoms with Crippen molar-refractivity contribution in [3.8, 4) is 5.75 Å². The van der Waals surface area contributed by atoms with Gasteiger partial charge in [-0.25, -0.2) is 9.97 Å². The molecule has 6 aromatic carbocycles. The van der Waals surface area contributed by atoms with Crippen molar-refractivity contribution in [2.24, 2.45) is 0 Å². The second kappa shape index (κ2) is 7.87. The van der Waals surface area contributed by atoms with E-state index in [1.165, 1.54) is 37.7 Å². The molecule has 7 aromatic rings. The molecule has 0 N–H and O–H groups in total. The number of aromatic nitrogens is 2. The summed E-state index contributed by atoms with van der Waals surface area (Å²) in [4.78, 5) is 9.66. The van der Waals surface area contributed by atoms with Crippen LogP contribution in [0.1, 0.15) is 11.4 Å². The molecule has 0 spiro atoms. The van der Waals surface area contributed by atoms with Gasteiger partial charge in [0.15, 0.2) is 0 Å². The van der Waals surface area contributed by atoms with Crippen molar-refractivity contribution < 1.29 is 4.74 Å². The average Bonchev–Trinajstić information content (AvgIpc) is 2.94. The molecule has 1 aliphatic rings. The first-order valence-corrected chi connectivity index (χ1v) is 12.7. The predicted octanol–water partition coefficient (Wildman–Crippen LogP) is 8.26. The molecule has 1 unspecified atom stereocenters. The summed E-state index contributed by atoms with van der Waals surface area (Å²) >= 11 is 0. The molecule has 3 nitrogen and oxygen atoms in total. The van der Waals surface area contributed by atoms with Crippen LogP contribution in [0, 0.1) is 0 Å². The maximum atomic E-state index is 6.61. The van der Waals surface area contributed by atoms with Gasteiger partial charge in [-0.15, -0.1) is 0 Å². The molecule has 8 rings (SSSR count). The summed E-state index contributed by atoms with van der Waals surface area (Å²) < 4.78 is 6.61. The Balaban J connectivity index is 1.23. The van der Waals surface area contributed by atoms with Crippen molar-refractivity contribution >= 4 is 60.2 Å². The first-order valence-electron chi connectivity index (χ1n) is 12.7. The monoisotopic (exact) mass is 474 g/mol. The lowest BCUT2D eigenvalue weighted by Crippen LogP contribution is -2.21. The number of ether oxygens (including phenoxy) is 1. The van der Waals surface area contributed by atoms with Crippen LogP contribution in [0.25, 0.3) is 60.2 Å². The molecule has 1 aromatic heterocycles. The normalized spacial score (nSPS) is 15.1. The fourth-order valence-corrected chi connectivity index (χ4v) is 5.63. The van der Waals surface area contributed by atoms with Gasteiger partial charge in [-0.2, -0.15) is 0 Å². The van der Waals surface area contributed by atoms with E-state index in [9.17, 15) is 0 Å². The standard InChI is InChI=1S/C34H22N2O/c1-2-7-22-18-27-24(16-21(22)6-1)12-13-25-17-23-8-5-11-34(29(23)20-28(25)27)37-26-14-15-32-33(19-26)36-31-10-4-3-9-30(31)35-32/h1-18,20,26H,19H2. The van der Waals surface area contributed by atoms with Crippen LogP contribution in [0.4, 0.5) is 0 Å². The van der Waals surface area contributed by atoms with Crippen LogP contribution in [0.5, 0.6) is 5.75 Å². The molecule has 0 radical (unpaired) electrons. The van der Waals surface area contributed by atoms with Crippen molar-refractivity contribution in [1.82, 2.24) is 9.97 Å². The molecular formula is C34H22N2O. The van der Waals surface area contributed by atoms with E-state index >= 15 is 0 Å². The molecule has 0 aliphatic heterocycles.